The first kappa shape index (κ1) is 14.9. The molecule has 0 bridgehead atoms. The maximum atomic E-state index is 12.9. The predicted octanol–water partition coefficient (Wildman–Crippen LogP) is 0.818. The minimum Gasteiger partial charge on any atom is -0.380 e. The number of nitrogens with one attached hydrogen (secondary N) is 3. The van der Waals surface area contributed by atoms with Gasteiger partial charge in [0, 0.05) is 18.8 Å². The van der Waals surface area contributed by atoms with Gasteiger partial charge in [-0.05, 0) is 56.2 Å². The monoisotopic (exact) mass is 317 g/mol. The van der Waals surface area contributed by atoms with Crippen LogP contribution >= 0.6 is 0 Å². The lowest BCUT2D eigenvalue weighted by atomic mass is 9.75. The van der Waals surface area contributed by atoms with Crippen molar-refractivity contribution in [3.05, 3.63) is 27.7 Å². The van der Waals surface area contributed by atoms with Gasteiger partial charge in [-0.25, -0.2) is 0 Å². The maximum absolute atomic E-state index is 12.9. The van der Waals surface area contributed by atoms with Crippen LogP contribution in [-0.4, -0.2) is 37.2 Å². The Bertz CT molecular complexity index is 684. The Morgan fingerprint density at radius 2 is 2.22 bits per heavy atom. The Morgan fingerprint density at radius 3 is 3.13 bits per heavy atom. The molecule has 23 heavy (non-hydrogen) atoms. The molecule has 6 nitrogen and oxygen atoms in total. The molecule has 4 rings (SSSR count). The van der Waals surface area contributed by atoms with Crippen molar-refractivity contribution in [3.63, 3.8) is 0 Å². The number of aromatic nitrogens is 1. The van der Waals surface area contributed by atoms with Crippen molar-refractivity contribution in [2.24, 2.45) is 11.3 Å². The van der Waals surface area contributed by atoms with Crippen molar-refractivity contribution < 1.29 is 9.53 Å². The quantitative estimate of drug-likeness (QED) is 0.754. The standard InChI is InChI=1S/C17H23N3O3/c21-15-14(7-11-3-1-2-4-13(11)19-15)20-16(22)17-9-18-8-12(17)5-6-23-10-17/h7,12,18H,1-6,8-10H2,(H,19,21)(H,20,22)/t12-,17+/m1/s1. The van der Waals surface area contributed by atoms with Crippen LogP contribution in [0, 0.1) is 11.3 Å². The van der Waals surface area contributed by atoms with Crippen molar-refractivity contribution in [3.8, 4) is 0 Å². The van der Waals surface area contributed by atoms with Gasteiger partial charge in [0.25, 0.3) is 5.56 Å². The molecule has 0 aromatic carbocycles. The second-order valence-corrected chi connectivity index (χ2v) is 7.00. The highest BCUT2D eigenvalue weighted by atomic mass is 16.5. The van der Waals surface area contributed by atoms with Gasteiger partial charge >= 0.3 is 0 Å². The number of anilines is 1. The molecule has 124 valence electrons. The van der Waals surface area contributed by atoms with E-state index in [-0.39, 0.29) is 17.4 Å². The van der Waals surface area contributed by atoms with Gasteiger partial charge in [-0.15, -0.1) is 0 Å². The third kappa shape index (κ3) is 2.50. The summed E-state index contributed by atoms with van der Waals surface area (Å²) in [5.74, 6) is 0.196. The third-order valence-corrected chi connectivity index (χ3v) is 5.62. The largest absolute Gasteiger partial charge is 0.380 e. The van der Waals surface area contributed by atoms with E-state index in [0.29, 0.717) is 25.4 Å². The van der Waals surface area contributed by atoms with E-state index >= 15 is 0 Å². The predicted molar refractivity (Wildman–Crippen MR) is 86.6 cm³/mol. The molecule has 1 aromatic heterocycles. The Kier molecular flexibility index (Phi) is 3.73. The maximum Gasteiger partial charge on any atom is 0.271 e. The summed E-state index contributed by atoms with van der Waals surface area (Å²) in [5.41, 5.74) is 1.82. The van der Waals surface area contributed by atoms with E-state index in [4.69, 9.17) is 4.74 Å². The number of rotatable bonds is 2. The van der Waals surface area contributed by atoms with E-state index in [0.717, 1.165) is 49.9 Å². The summed E-state index contributed by atoms with van der Waals surface area (Å²) >= 11 is 0. The highest BCUT2D eigenvalue weighted by Crippen LogP contribution is 2.38. The van der Waals surface area contributed by atoms with Gasteiger partial charge in [-0.1, -0.05) is 0 Å². The Morgan fingerprint density at radius 1 is 1.35 bits per heavy atom. The van der Waals surface area contributed by atoms with Gasteiger partial charge in [-0.2, -0.15) is 0 Å². The molecule has 2 atom stereocenters. The van der Waals surface area contributed by atoms with E-state index in [1.165, 1.54) is 0 Å². The summed E-state index contributed by atoms with van der Waals surface area (Å²) in [6, 6.07) is 1.86. The van der Waals surface area contributed by atoms with Crippen LogP contribution in [0.5, 0.6) is 0 Å². The second kappa shape index (κ2) is 5.76. The summed E-state index contributed by atoms with van der Waals surface area (Å²) in [6.45, 7) is 2.60. The van der Waals surface area contributed by atoms with Gasteiger partial charge < -0.3 is 20.4 Å². The molecular weight excluding hydrogens is 294 g/mol. The van der Waals surface area contributed by atoms with Crippen LogP contribution in [0.25, 0.3) is 0 Å². The van der Waals surface area contributed by atoms with Gasteiger partial charge in [0.1, 0.15) is 5.69 Å². The molecule has 0 unspecified atom stereocenters. The zero-order chi connectivity index (χ0) is 15.9. The SMILES string of the molecule is O=C(Nc1cc2c([nH]c1=O)CCCC2)[C@]12CNC[C@H]1CCOC2. The second-order valence-electron chi connectivity index (χ2n) is 7.00. The van der Waals surface area contributed by atoms with Crippen LogP contribution in [0.3, 0.4) is 0 Å². The lowest BCUT2D eigenvalue weighted by molar-refractivity contribution is -0.135. The van der Waals surface area contributed by atoms with Gasteiger partial charge in [0.05, 0.1) is 12.0 Å². The Labute approximate surface area is 135 Å². The first-order chi connectivity index (χ1) is 11.2. The molecular formula is C17H23N3O3. The summed E-state index contributed by atoms with van der Waals surface area (Å²) < 4.78 is 5.58. The zero-order valence-corrected chi connectivity index (χ0v) is 13.2. The van der Waals surface area contributed by atoms with Crippen LogP contribution in [0.4, 0.5) is 5.69 Å². The Balaban J connectivity index is 1.60. The number of hydrogen-bond acceptors (Lipinski definition) is 4. The number of aromatic amines is 1. The minimum absolute atomic E-state index is 0.0894. The van der Waals surface area contributed by atoms with Crippen LogP contribution in [0.15, 0.2) is 10.9 Å². The fraction of sp³-hybridized carbons (Fsp3) is 0.647. The van der Waals surface area contributed by atoms with Crippen molar-refractivity contribution in [1.29, 1.82) is 0 Å². The van der Waals surface area contributed by atoms with Crippen LogP contribution < -0.4 is 16.2 Å². The van der Waals surface area contributed by atoms with Crippen molar-refractivity contribution in [2.45, 2.75) is 32.1 Å². The lowest BCUT2D eigenvalue weighted by Crippen LogP contribution is -2.49. The van der Waals surface area contributed by atoms with Crippen LogP contribution in [0.1, 0.15) is 30.5 Å². The fourth-order valence-corrected chi connectivity index (χ4v) is 4.18. The number of ether oxygens (including phenoxy) is 1. The number of pyridine rings is 1. The first-order valence-corrected chi connectivity index (χ1v) is 8.54. The van der Waals surface area contributed by atoms with E-state index in [1.807, 2.05) is 6.07 Å². The summed E-state index contributed by atoms with van der Waals surface area (Å²) in [6.07, 6.45) is 5.02. The van der Waals surface area contributed by atoms with Crippen LogP contribution in [0.2, 0.25) is 0 Å². The fourth-order valence-electron chi connectivity index (χ4n) is 4.18. The van der Waals surface area contributed by atoms with Crippen molar-refractivity contribution in [2.75, 3.05) is 31.6 Å². The molecule has 6 heteroatoms. The minimum atomic E-state index is -0.541. The molecule has 2 aliphatic heterocycles. The molecule has 1 amide bonds. The summed E-state index contributed by atoms with van der Waals surface area (Å²) in [4.78, 5) is 28.1. The number of carbonyl (C=O) groups is 1. The number of amides is 1. The average molecular weight is 317 g/mol. The number of H-pyrrole nitrogens is 1. The van der Waals surface area contributed by atoms with E-state index in [1.54, 1.807) is 0 Å². The molecule has 3 aliphatic rings. The lowest BCUT2D eigenvalue weighted by Gasteiger charge is -2.36. The molecule has 0 spiro atoms. The number of fused-ring (bicyclic) bond motifs is 2. The average Bonchev–Trinajstić information content (AvgIpc) is 3.01. The van der Waals surface area contributed by atoms with Gasteiger partial charge in [0.2, 0.25) is 5.91 Å². The molecule has 2 saturated heterocycles. The topological polar surface area (TPSA) is 83.2 Å². The summed E-state index contributed by atoms with van der Waals surface area (Å²) in [7, 11) is 0. The number of aryl methyl sites for hydroxylation is 2. The third-order valence-electron chi connectivity index (χ3n) is 5.62. The normalized spacial score (nSPS) is 29.7. The van der Waals surface area contributed by atoms with Crippen molar-refractivity contribution in [1.82, 2.24) is 10.3 Å². The molecule has 2 fully saturated rings. The van der Waals surface area contributed by atoms with E-state index in [2.05, 4.69) is 15.6 Å². The molecule has 1 aliphatic carbocycles. The molecule has 0 saturated carbocycles. The first-order valence-electron chi connectivity index (χ1n) is 8.54. The van der Waals surface area contributed by atoms with E-state index < -0.39 is 5.41 Å². The highest BCUT2D eigenvalue weighted by molar-refractivity contribution is 5.96. The van der Waals surface area contributed by atoms with Crippen molar-refractivity contribution >= 4 is 11.6 Å². The molecule has 3 N–H and O–H groups in total. The molecule has 0 radical (unpaired) electrons. The van der Waals surface area contributed by atoms with E-state index in [9.17, 15) is 9.59 Å². The number of hydrogen-bond donors (Lipinski definition) is 3. The van der Waals surface area contributed by atoms with Gasteiger partial charge in [0.15, 0.2) is 0 Å². The zero-order valence-electron chi connectivity index (χ0n) is 13.2. The smallest absolute Gasteiger partial charge is 0.271 e. The Hall–Kier alpha value is -1.66. The summed E-state index contributed by atoms with van der Waals surface area (Å²) in [5, 5.41) is 6.20. The molecule has 1 aromatic rings. The van der Waals surface area contributed by atoms with Gasteiger partial charge in [-0.3, -0.25) is 9.59 Å². The molecule has 3 heterocycles. The number of carbonyl (C=O) groups excluding carboxylic acids is 1. The van der Waals surface area contributed by atoms with Crippen LogP contribution in [-0.2, 0) is 22.4 Å². The highest BCUT2D eigenvalue weighted by Gasteiger charge is 2.51.